The minimum atomic E-state index is -0.0581. The van der Waals surface area contributed by atoms with Crippen molar-refractivity contribution in [3.8, 4) is 17.8 Å². The second-order valence-corrected chi connectivity index (χ2v) is 12.1. The van der Waals surface area contributed by atoms with Crippen molar-refractivity contribution in [3.63, 3.8) is 0 Å². The number of hydrogen-bond acceptors (Lipinski definition) is 3. The highest BCUT2D eigenvalue weighted by Gasteiger charge is 2.23. The third-order valence-corrected chi connectivity index (χ3v) is 9.17. The number of fused-ring (bicyclic) bond motifs is 3. The highest BCUT2D eigenvalue weighted by Crippen LogP contribution is 2.39. The van der Waals surface area contributed by atoms with Crippen LogP contribution in [-0.4, -0.2) is 11.3 Å². The van der Waals surface area contributed by atoms with Gasteiger partial charge in [-0.05, 0) is 84.9 Å². The zero-order valence-electron chi connectivity index (χ0n) is 26.6. The van der Waals surface area contributed by atoms with Crippen molar-refractivity contribution in [1.82, 2.24) is 4.57 Å². The van der Waals surface area contributed by atoms with E-state index in [0.29, 0.717) is 11.1 Å². The molecule has 0 saturated heterocycles. The molecule has 228 valence electrons. The van der Waals surface area contributed by atoms with Crippen LogP contribution in [0.15, 0.2) is 176 Å². The molecule has 1 heterocycles. The van der Waals surface area contributed by atoms with E-state index in [1.54, 1.807) is 0 Å². The van der Waals surface area contributed by atoms with Crippen LogP contribution < -0.4 is 21.3 Å². The summed E-state index contributed by atoms with van der Waals surface area (Å²) < 4.78 is 2.34. The van der Waals surface area contributed by atoms with Crippen molar-refractivity contribution in [2.24, 2.45) is 0 Å². The van der Waals surface area contributed by atoms with Crippen LogP contribution in [0.2, 0.25) is 0 Å². The third kappa shape index (κ3) is 5.50. The van der Waals surface area contributed by atoms with Crippen molar-refractivity contribution in [3.05, 3.63) is 187 Å². The Labute approximate surface area is 286 Å². The standard InChI is InChI=1S/C44H29BN4/c46-30-32-15-19-34(20-16-32)45(35-21-17-33(31-47)18-22-35)36-23-25-39(26-24-36)49-43-14-8-7-13-41(43)42-29-40(27-28-44(42)49)48(37-9-3-1-4-10-37)38-11-5-2-6-12-38/h1-29H. The van der Waals surface area contributed by atoms with Gasteiger partial charge in [0, 0.05) is 33.5 Å². The largest absolute Gasteiger partial charge is 0.310 e. The van der Waals surface area contributed by atoms with Gasteiger partial charge in [-0.15, -0.1) is 0 Å². The van der Waals surface area contributed by atoms with Crippen LogP contribution in [0.5, 0.6) is 0 Å². The predicted molar refractivity (Wildman–Crippen MR) is 202 cm³/mol. The quantitative estimate of drug-likeness (QED) is 0.167. The number of benzene rings is 7. The lowest BCUT2D eigenvalue weighted by Gasteiger charge is -2.25. The molecule has 0 spiro atoms. The molecule has 0 radical (unpaired) electrons. The van der Waals surface area contributed by atoms with E-state index in [-0.39, 0.29) is 6.71 Å². The number of anilines is 3. The highest BCUT2D eigenvalue weighted by atomic mass is 15.1. The van der Waals surface area contributed by atoms with Crippen LogP contribution in [0, 0.1) is 22.7 Å². The molecular formula is C44H29BN4. The fraction of sp³-hybridized carbons (Fsp3) is 0. The van der Waals surface area contributed by atoms with Crippen molar-refractivity contribution in [2.45, 2.75) is 0 Å². The normalized spacial score (nSPS) is 10.8. The van der Waals surface area contributed by atoms with Gasteiger partial charge in [-0.3, -0.25) is 0 Å². The summed E-state index contributed by atoms with van der Waals surface area (Å²) >= 11 is 0. The molecule has 5 heteroatoms. The predicted octanol–water partition coefficient (Wildman–Crippen LogP) is 8.51. The number of para-hydroxylation sites is 3. The first-order valence-corrected chi connectivity index (χ1v) is 16.3. The Morgan fingerprint density at radius 1 is 0.429 bits per heavy atom. The smallest absolute Gasteiger partial charge is 0.241 e. The third-order valence-electron chi connectivity index (χ3n) is 9.17. The van der Waals surface area contributed by atoms with Crippen LogP contribution in [0.1, 0.15) is 11.1 Å². The number of hydrogen-bond donors (Lipinski definition) is 0. The van der Waals surface area contributed by atoms with Crippen molar-refractivity contribution >= 4 is 62.0 Å². The fourth-order valence-electron chi connectivity index (χ4n) is 6.87. The zero-order chi connectivity index (χ0) is 33.2. The molecule has 0 aliphatic carbocycles. The first-order valence-electron chi connectivity index (χ1n) is 16.3. The van der Waals surface area contributed by atoms with Crippen LogP contribution in [0.25, 0.3) is 27.5 Å². The Kier molecular flexibility index (Phi) is 7.70. The Morgan fingerprint density at radius 3 is 1.43 bits per heavy atom. The summed E-state index contributed by atoms with van der Waals surface area (Å²) in [5.41, 5.74) is 11.2. The molecule has 7 aromatic carbocycles. The zero-order valence-corrected chi connectivity index (χ0v) is 26.6. The van der Waals surface area contributed by atoms with Crippen molar-refractivity contribution in [1.29, 1.82) is 10.5 Å². The minimum Gasteiger partial charge on any atom is -0.310 e. The molecule has 49 heavy (non-hydrogen) atoms. The van der Waals surface area contributed by atoms with Gasteiger partial charge in [0.2, 0.25) is 6.71 Å². The van der Waals surface area contributed by atoms with E-state index in [2.05, 4.69) is 137 Å². The minimum absolute atomic E-state index is 0.0581. The van der Waals surface area contributed by atoms with Crippen molar-refractivity contribution in [2.75, 3.05) is 4.90 Å². The summed E-state index contributed by atoms with van der Waals surface area (Å²) in [4.78, 5) is 2.30. The number of rotatable bonds is 7. The van der Waals surface area contributed by atoms with Gasteiger partial charge in [-0.2, -0.15) is 10.5 Å². The maximum atomic E-state index is 9.39. The fourth-order valence-corrected chi connectivity index (χ4v) is 6.87. The van der Waals surface area contributed by atoms with E-state index in [1.807, 2.05) is 60.7 Å². The molecule has 0 atom stereocenters. The molecule has 1 aromatic heterocycles. The monoisotopic (exact) mass is 624 g/mol. The molecule has 0 bridgehead atoms. The number of nitriles is 2. The second kappa shape index (κ2) is 12.8. The first-order chi connectivity index (χ1) is 24.2. The van der Waals surface area contributed by atoms with E-state index in [1.165, 1.54) is 10.8 Å². The average Bonchev–Trinajstić information content (AvgIpc) is 3.50. The Balaban J connectivity index is 1.24. The maximum Gasteiger partial charge on any atom is 0.241 e. The Morgan fingerprint density at radius 2 is 0.898 bits per heavy atom. The van der Waals surface area contributed by atoms with Gasteiger partial charge in [0.1, 0.15) is 0 Å². The van der Waals surface area contributed by atoms with Crippen LogP contribution in [0.4, 0.5) is 17.1 Å². The Hall–Kier alpha value is -6.82. The summed E-state index contributed by atoms with van der Waals surface area (Å²) in [6, 6.07) is 65.1. The molecule has 0 saturated carbocycles. The summed E-state index contributed by atoms with van der Waals surface area (Å²) in [6.07, 6.45) is 0. The Bertz CT molecular complexity index is 2390. The number of aromatic nitrogens is 1. The van der Waals surface area contributed by atoms with Gasteiger partial charge in [0.15, 0.2) is 0 Å². The highest BCUT2D eigenvalue weighted by molar-refractivity contribution is 6.95. The lowest BCUT2D eigenvalue weighted by molar-refractivity contribution is 1.18. The molecule has 0 aliphatic rings. The van der Waals surface area contributed by atoms with Crippen molar-refractivity contribution < 1.29 is 0 Å². The number of nitrogens with zero attached hydrogens (tertiary/aromatic N) is 4. The van der Waals surface area contributed by atoms with E-state index in [9.17, 15) is 10.5 Å². The van der Waals surface area contributed by atoms with Crippen LogP contribution in [-0.2, 0) is 0 Å². The summed E-state index contributed by atoms with van der Waals surface area (Å²) in [5, 5.41) is 21.2. The topological polar surface area (TPSA) is 55.8 Å². The van der Waals surface area contributed by atoms with E-state index in [4.69, 9.17) is 0 Å². The van der Waals surface area contributed by atoms with Gasteiger partial charge in [0.25, 0.3) is 0 Å². The lowest BCUT2D eigenvalue weighted by atomic mass is 9.37. The summed E-state index contributed by atoms with van der Waals surface area (Å²) in [7, 11) is 0. The van der Waals surface area contributed by atoms with Gasteiger partial charge >= 0.3 is 0 Å². The molecule has 0 fully saturated rings. The van der Waals surface area contributed by atoms with Gasteiger partial charge in [-0.1, -0.05) is 107 Å². The molecule has 0 unspecified atom stereocenters. The molecule has 0 aliphatic heterocycles. The van der Waals surface area contributed by atoms with Gasteiger partial charge in [0.05, 0.1) is 34.3 Å². The molecular weight excluding hydrogens is 595 g/mol. The van der Waals surface area contributed by atoms with E-state index in [0.717, 1.165) is 50.2 Å². The molecule has 8 aromatic rings. The molecule has 0 amide bonds. The molecule has 4 nitrogen and oxygen atoms in total. The van der Waals surface area contributed by atoms with Crippen LogP contribution >= 0.6 is 0 Å². The van der Waals surface area contributed by atoms with Crippen LogP contribution in [0.3, 0.4) is 0 Å². The van der Waals surface area contributed by atoms with Gasteiger partial charge in [-0.25, -0.2) is 0 Å². The average molecular weight is 625 g/mol. The SMILES string of the molecule is N#Cc1ccc(B(c2ccc(C#N)cc2)c2ccc(-n3c4ccccc4c4cc(N(c5ccccc5)c5ccccc5)ccc43)cc2)cc1. The van der Waals surface area contributed by atoms with E-state index < -0.39 is 0 Å². The maximum absolute atomic E-state index is 9.39. The first kappa shape index (κ1) is 29.6. The lowest BCUT2D eigenvalue weighted by Crippen LogP contribution is -2.51. The molecule has 8 rings (SSSR count). The van der Waals surface area contributed by atoms with E-state index >= 15 is 0 Å². The summed E-state index contributed by atoms with van der Waals surface area (Å²) in [6.45, 7) is -0.0581. The molecule has 0 N–H and O–H groups in total. The second-order valence-electron chi connectivity index (χ2n) is 12.1. The van der Waals surface area contributed by atoms with Gasteiger partial charge < -0.3 is 9.47 Å². The summed E-state index contributed by atoms with van der Waals surface area (Å²) in [5.74, 6) is 0.